The van der Waals surface area contributed by atoms with Crippen molar-refractivity contribution >= 4 is 34.1 Å². The summed E-state index contributed by atoms with van der Waals surface area (Å²) < 4.78 is 22.4. The molecule has 10 nitrogen and oxygen atoms in total. The van der Waals surface area contributed by atoms with Gasteiger partial charge in [-0.15, -0.1) is 0 Å². The van der Waals surface area contributed by atoms with Crippen molar-refractivity contribution in [1.82, 2.24) is 15.4 Å². The van der Waals surface area contributed by atoms with Gasteiger partial charge in [0.25, 0.3) is 11.8 Å². The number of nitrogens with one attached hydrogen (secondary N) is 1. The van der Waals surface area contributed by atoms with Crippen LogP contribution >= 0.6 is 0 Å². The van der Waals surface area contributed by atoms with E-state index in [1.54, 1.807) is 30.4 Å². The van der Waals surface area contributed by atoms with E-state index >= 15 is 0 Å². The maximum atomic E-state index is 13.1. The zero-order chi connectivity index (χ0) is 26.4. The number of benzene rings is 2. The molecule has 2 amide bonds. The van der Waals surface area contributed by atoms with Gasteiger partial charge in [0.1, 0.15) is 0 Å². The first kappa shape index (κ1) is 28.1. The highest BCUT2D eigenvalue weighted by atomic mass is 32.2. The van der Waals surface area contributed by atoms with E-state index in [4.69, 9.17) is 10.0 Å². The van der Waals surface area contributed by atoms with E-state index in [-0.39, 0.29) is 18.5 Å². The van der Waals surface area contributed by atoms with Gasteiger partial charge in [-0.1, -0.05) is 30.3 Å². The number of nitrogens with zero attached hydrogens (tertiary/aromatic N) is 3. The molecular weight excluding hydrogens is 472 g/mol. The van der Waals surface area contributed by atoms with Crippen LogP contribution < -0.4 is 5.48 Å². The Bertz CT molecular complexity index is 1180. The summed E-state index contributed by atoms with van der Waals surface area (Å²) in [6, 6.07) is 13.1. The SMILES string of the molecule is C=Nc1cc(-c2ccc(CN(C)OC)cc2)ccc1C(=O)N(C)CCC(C)(C(=O)NO)S(C)(=O)=O. The normalized spacial score (nSPS) is 13.2. The van der Waals surface area contributed by atoms with Crippen molar-refractivity contribution < 1.29 is 28.1 Å². The Morgan fingerprint density at radius 2 is 1.74 bits per heavy atom. The van der Waals surface area contributed by atoms with Gasteiger partial charge in [-0.25, -0.2) is 13.9 Å². The Balaban J connectivity index is 2.23. The van der Waals surface area contributed by atoms with Crippen molar-refractivity contribution in [3.05, 3.63) is 53.6 Å². The first-order valence-corrected chi connectivity index (χ1v) is 12.6. The maximum Gasteiger partial charge on any atom is 0.264 e. The summed E-state index contributed by atoms with van der Waals surface area (Å²) in [6.07, 6.45) is 0.699. The van der Waals surface area contributed by atoms with E-state index in [2.05, 4.69) is 11.7 Å². The van der Waals surface area contributed by atoms with Crippen molar-refractivity contribution in [3.63, 3.8) is 0 Å². The summed E-state index contributed by atoms with van der Waals surface area (Å²) in [5, 5.41) is 10.7. The highest BCUT2D eigenvalue weighted by Gasteiger charge is 2.43. The number of aliphatic imine (C=N–C) groups is 1. The molecule has 11 heteroatoms. The molecule has 1 unspecified atom stereocenters. The lowest BCUT2D eigenvalue weighted by molar-refractivity contribution is -0.131. The van der Waals surface area contributed by atoms with Crippen molar-refractivity contribution in [3.8, 4) is 11.1 Å². The Labute approximate surface area is 206 Å². The summed E-state index contributed by atoms with van der Waals surface area (Å²) in [5.74, 6) is -1.46. The van der Waals surface area contributed by atoms with Crippen molar-refractivity contribution in [2.24, 2.45) is 4.99 Å². The van der Waals surface area contributed by atoms with Gasteiger partial charge in [0.2, 0.25) is 0 Å². The zero-order valence-electron chi connectivity index (χ0n) is 20.6. The average Bonchev–Trinajstić information content (AvgIpc) is 2.85. The van der Waals surface area contributed by atoms with Crippen LogP contribution in [0.4, 0.5) is 5.69 Å². The number of sulfone groups is 1. The molecule has 2 aromatic carbocycles. The summed E-state index contributed by atoms with van der Waals surface area (Å²) >= 11 is 0. The summed E-state index contributed by atoms with van der Waals surface area (Å²) in [7, 11) is 1.07. The minimum Gasteiger partial charge on any atom is -0.342 e. The van der Waals surface area contributed by atoms with Gasteiger partial charge in [-0.05, 0) is 48.9 Å². The molecule has 0 fully saturated rings. The number of hydroxylamine groups is 3. The van der Waals surface area contributed by atoms with Gasteiger partial charge in [-0.3, -0.25) is 19.8 Å². The monoisotopic (exact) mass is 504 g/mol. The first-order valence-electron chi connectivity index (χ1n) is 10.7. The van der Waals surface area contributed by atoms with Gasteiger partial charge in [0.05, 0.1) is 18.4 Å². The number of rotatable bonds is 11. The van der Waals surface area contributed by atoms with Crippen LogP contribution in [0.15, 0.2) is 47.5 Å². The fourth-order valence-electron chi connectivity index (χ4n) is 3.42. The Kier molecular flexibility index (Phi) is 9.27. The van der Waals surface area contributed by atoms with Crippen LogP contribution in [-0.4, -0.2) is 80.9 Å². The van der Waals surface area contributed by atoms with E-state index in [0.717, 1.165) is 22.9 Å². The fraction of sp³-hybridized carbons (Fsp3) is 0.375. The topological polar surface area (TPSA) is 129 Å². The van der Waals surface area contributed by atoms with Crippen LogP contribution in [0.1, 0.15) is 29.3 Å². The molecule has 0 aliphatic heterocycles. The van der Waals surface area contributed by atoms with Gasteiger partial charge in [0.15, 0.2) is 14.6 Å². The van der Waals surface area contributed by atoms with E-state index in [1.165, 1.54) is 24.4 Å². The molecule has 2 N–H and O–H groups in total. The number of carbonyl (C=O) groups is 2. The lowest BCUT2D eigenvalue weighted by Crippen LogP contribution is -2.50. The van der Waals surface area contributed by atoms with Gasteiger partial charge < -0.3 is 9.74 Å². The fourth-order valence-corrected chi connectivity index (χ4v) is 4.27. The first-order chi connectivity index (χ1) is 16.4. The predicted molar refractivity (Wildman–Crippen MR) is 134 cm³/mol. The van der Waals surface area contributed by atoms with Crippen molar-refractivity contribution in [2.75, 3.05) is 34.0 Å². The number of amides is 2. The van der Waals surface area contributed by atoms with E-state index < -0.39 is 26.4 Å². The molecule has 0 spiro atoms. The molecule has 0 bridgehead atoms. The third kappa shape index (κ3) is 6.51. The third-order valence-electron chi connectivity index (χ3n) is 6.07. The molecular formula is C24H32N4O6S. The second-order valence-corrected chi connectivity index (χ2v) is 10.9. The zero-order valence-corrected chi connectivity index (χ0v) is 21.4. The minimum absolute atomic E-state index is 0.0501. The third-order valence-corrected chi connectivity index (χ3v) is 8.10. The van der Waals surface area contributed by atoms with Gasteiger partial charge in [0, 0.05) is 33.4 Å². The summed E-state index contributed by atoms with van der Waals surface area (Å²) in [6.45, 7) is 5.36. The number of hydrogen-bond donors (Lipinski definition) is 2. The second-order valence-electron chi connectivity index (χ2n) is 8.48. The number of hydrogen-bond acceptors (Lipinski definition) is 8. The Hall–Kier alpha value is -3.12. The molecule has 190 valence electrons. The van der Waals surface area contributed by atoms with Crippen molar-refractivity contribution in [1.29, 1.82) is 0 Å². The van der Waals surface area contributed by atoms with Crippen LogP contribution in [-0.2, 0) is 26.0 Å². The largest absolute Gasteiger partial charge is 0.342 e. The van der Waals surface area contributed by atoms with Crippen LogP contribution in [0.2, 0.25) is 0 Å². The quantitative estimate of drug-likeness (QED) is 0.273. The lowest BCUT2D eigenvalue weighted by atomic mass is 10.0. The molecule has 0 aliphatic rings. The molecule has 0 heterocycles. The molecule has 2 aromatic rings. The summed E-state index contributed by atoms with van der Waals surface area (Å²) in [4.78, 5) is 35.5. The molecule has 0 saturated carbocycles. The van der Waals surface area contributed by atoms with Crippen LogP contribution in [0.25, 0.3) is 11.1 Å². The molecule has 0 radical (unpaired) electrons. The van der Waals surface area contributed by atoms with Gasteiger partial charge >= 0.3 is 0 Å². The standard InChI is InChI=1S/C24H32N4O6S/c1-24(23(30)26-31,35(6,32)33)13-14-27(3)22(29)20-12-11-19(15-21(20)25-2)18-9-7-17(8-10-18)16-28(4)34-5/h7-12,15,31H,2,13-14,16H2,1,3-6H3,(H,26,30). The van der Waals surface area contributed by atoms with Gasteiger partial charge in [-0.2, -0.15) is 5.06 Å². The molecule has 1 atom stereocenters. The highest BCUT2D eigenvalue weighted by Crippen LogP contribution is 2.29. The average molecular weight is 505 g/mol. The predicted octanol–water partition coefficient (Wildman–Crippen LogP) is 2.45. The lowest BCUT2D eigenvalue weighted by Gasteiger charge is -2.28. The van der Waals surface area contributed by atoms with Crippen LogP contribution in [0.5, 0.6) is 0 Å². The minimum atomic E-state index is -3.87. The molecule has 0 aromatic heterocycles. The second kappa shape index (κ2) is 11.5. The van der Waals surface area contributed by atoms with Crippen molar-refractivity contribution in [2.45, 2.75) is 24.6 Å². The molecule has 2 rings (SSSR count). The highest BCUT2D eigenvalue weighted by molar-refractivity contribution is 7.92. The Morgan fingerprint density at radius 1 is 1.14 bits per heavy atom. The van der Waals surface area contributed by atoms with Crippen LogP contribution in [0, 0.1) is 0 Å². The van der Waals surface area contributed by atoms with E-state index in [0.29, 0.717) is 12.2 Å². The smallest absolute Gasteiger partial charge is 0.264 e. The summed E-state index contributed by atoms with van der Waals surface area (Å²) in [5.41, 5.74) is 4.92. The molecule has 0 saturated heterocycles. The molecule has 0 aliphatic carbocycles. The van der Waals surface area contributed by atoms with E-state index in [1.807, 2.05) is 31.3 Å². The molecule has 35 heavy (non-hydrogen) atoms. The Morgan fingerprint density at radius 3 is 2.26 bits per heavy atom. The van der Waals surface area contributed by atoms with E-state index in [9.17, 15) is 18.0 Å². The maximum absolute atomic E-state index is 13.1. The van der Waals surface area contributed by atoms with Crippen LogP contribution in [0.3, 0.4) is 0 Å². The number of carbonyl (C=O) groups excluding carboxylic acids is 2.